The fourth-order valence-electron chi connectivity index (χ4n) is 1.94. The molecule has 1 aromatic carbocycles. The number of halogens is 1. The number of benzene rings is 1. The van der Waals surface area contributed by atoms with Gasteiger partial charge in [0.15, 0.2) is 0 Å². The molecule has 1 atom stereocenters. The van der Waals surface area contributed by atoms with E-state index in [2.05, 4.69) is 5.32 Å². The molecule has 0 radical (unpaired) electrons. The molecule has 0 aliphatic carbocycles. The third-order valence-corrected chi connectivity index (χ3v) is 3.21. The van der Waals surface area contributed by atoms with Gasteiger partial charge in [0.05, 0.1) is 22.2 Å². The number of rotatable bonds is 5. The standard InChI is InChI=1S/C12H14ClN3O4/c1-8-7-15(12(17)20-8)5-4-14-11-3-2-9(16(18)19)6-10(11)13/h2-3,6,8,14H,4-5,7H2,1H3/t8-/m0/s1. The second kappa shape index (κ2) is 5.96. The number of carbonyl (C=O) groups is 1. The number of hydrogen-bond donors (Lipinski definition) is 1. The lowest BCUT2D eigenvalue weighted by atomic mass is 10.3. The number of nitro benzene ring substituents is 1. The van der Waals surface area contributed by atoms with E-state index in [1.165, 1.54) is 12.1 Å². The van der Waals surface area contributed by atoms with E-state index in [1.807, 2.05) is 6.92 Å². The minimum atomic E-state index is -0.503. The molecule has 1 aromatic rings. The van der Waals surface area contributed by atoms with Gasteiger partial charge in [0.25, 0.3) is 5.69 Å². The average Bonchev–Trinajstić information content (AvgIpc) is 2.69. The molecule has 0 unspecified atom stereocenters. The lowest BCUT2D eigenvalue weighted by Crippen LogP contribution is -2.30. The van der Waals surface area contributed by atoms with E-state index >= 15 is 0 Å². The van der Waals surface area contributed by atoms with Gasteiger partial charge >= 0.3 is 6.09 Å². The van der Waals surface area contributed by atoms with Gasteiger partial charge < -0.3 is 15.0 Å². The van der Waals surface area contributed by atoms with Gasteiger partial charge in [-0.1, -0.05) is 11.6 Å². The fraction of sp³-hybridized carbons (Fsp3) is 0.417. The van der Waals surface area contributed by atoms with Gasteiger partial charge in [-0.25, -0.2) is 4.79 Å². The monoisotopic (exact) mass is 299 g/mol. The summed E-state index contributed by atoms with van der Waals surface area (Å²) < 4.78 is 5.00. The summed E-state index contributed by atoms with van der Waals surface area (Å²) in [6.45, 7) is 3.36. The maximum atomic E-state index is 11.4. The summed E-state index contributed by atoms with van der Waals surface area (Å²) in [5.41, 5.74) is 0.537. The molecule has 1 saturated heterocycles. The van der Waals surface area contributed by atoms with Gasteiger partial charge in [0.2, 0.25) is 0 Å². The Hall–Kier alpha value is -2.02. The van der Waals surface area contributed by atoms with Crippen LogP contribution in [-0.4, -0.2) is 41.7 Å². The molecule has 0 bridgehead atoms. The van der Waals surface area contributed by atoms with Crippen LogP contribution in [0.2, 0.25) is 5.02 Å². The van der Waals surface area contributed by atoms with E-state index in [0.717, 1.165) is 0 Å². The minimum absolute atomic E-state index is 0.0579. The molecule has 1 heterocycles. The van der Waals surface area contributed by atoms with Crippen molar-refractivity contribution in [1.29, 1.82) is 0 Å². The molecule has 1 amide bonds. The van der Waals surface area contributed by atoms with Crippen LogP contribution in [0.15, 0.2) is 18.2 Å². The molecule has 2 rings (SSSR count). The summed E-state index contributed by atoms with van der Waals surface area (Å²) in [6, 6.07) is 4.21. The summed E-state index contributed by atoms with van der Waals surface area (Å²) in [6.07, 6.45) is -0.417. The second-order valence-corrected chi connectivity index (χ2v) is 4.90. The Labute approximate surface area is 120 Å². The van der Waals surface area contributed by atoms with E-state index in [-0.39, 0.29) is 22.9 Å². The van der Waals surface area contributed by atoms with Gasteiger partial charge in [-0.05, 0) is 13.0 Å². The molecule has 20 heavy (non-hydrogen) atoms. The van der Waals surface area contributed by atoms with E-state index in [9.17, 15) is 14.9 Å². The Morgan fingerprint density at radius 2 is 2.35 bits per heavy atom. The largest absolute Gasteiger partial charge is 0.445 e. The first-order valence-corrected chi connectivity index (χ1v) is 6.48. The molecule has 1 aliphatic heterocycles. The first-order valence-electron chi connectivity index (χ1n) is 6.10. The van der Waals surface area contributed by atoms with Crippen LogP contribution in [0.1, 0.15) is 6.92 Å². The molecule has 108 valence electrons. The fourth-order valence-corrected chi connectivity index (χ4v) is 2.18. The zero-order valence-electron chi connectivity index (χ0n) is 10.8. The second-order valence-electron chi connectivity index (χ2n) is 4.49. The third kappa shape index (κ3) is 3.30. The highest BCUT2D eigenvalue weighted by Crippen LogP contribution is 2.26. The number of amides is 1. The normalized spacial score (nSPS) is 18.0. The van der Waals surface area contributed by atoms with Crippen molar-refractivity contribution in [3.8, 4) is 0 Å². The van der Waals surface area contributed by atoms with E-state index in [0.29, 0.717) is 25.3 Å². The number of carbonyl (C=O) groups excluding carboxylic acids is 1. The van der Waals surface area contributed by atoms with Crippen molar-refractivity contribution in [3.63, 3.8) is 0 Å². The summed E-state index contributed by atoms with van der Waals surface area (Å²) in [5, 5.41) is 13.9. The zero-order valence-corrected chi connectivity index (χ0v) is 11.6. The van der Waals surface area contributed by atoms with Crippen molar-refractivity contribution in [2.24, 2.45) is 0 Å². The number of hydrogen-bond acceptors (Lipinski definition) is 5. The number of anilines is 1. The third-order valence-electron chi connectivity index (χ3n) is 2.90. The molecular weight excluding hydrogens is 286 g/mol. The van der Waals surface area contributed by atoms with Crippen molar-refractivity contribution >= 4 is 29.1 Å². The number of nitrogens with zero attached hydrogens (tertiary/aromatic N) is 2. The predicted octanol–water partition coefficient (Wildman–Crippen LogP) is 2.50. The number of ether oxygens (including phenoxy) is 1. The molecule has 0 saturated carbocycles. The molecule has 1 fully saturated rings. The number of nitrogens with one attached hydrogen (secondary N) is 1. The number of non-ortho nitro benzene ring substituents is 1. The van der Waals surface area contributed by atoms with Crippen LogP contribution in [0.3, 0.4) is 0 Å². The minimum Gasteiger partial charge on any atom is -0.445 e. The van der Waals surface area contributed by atoms with Crippen molar-refractivity contribution in [3.05, 3.63) is 33.3 Å². The highest BCUT2D eigenvalue weighted by Gasteiger charge is 2.27. The average molecular weight is 300 g/mol. The molecule has 1 aliphatic rings. The Morgan fingerprint density at radius 3 is 2.90 bits per heavy atom. The van der Waals surface area contributed by atoms with Crippen LogP contribution >= 0.6 is 11.6 Å². The number of nitro groups is 1. The molecule has 7 nitrogen and oxygen atoms in total. The van der Waals surface area contributed by atoms with Crippen molar-refractivity contribution in [2.45, 2.75) is 13.0 Å². The highest BCUT2D eigenvalue weighted by molar-refractivity contribution is 6.33. The first kappa shape index (κ1) is 14.4. The van der Waals surface area contributed by atoms with Crippen molar-refractivity contribution in [1.82, 2.24) is 4.90 Å². The van der Waals surface area contributed by atoms with E-state index in [4.69, 9.17) is 16.3 Å². The highest BCUT2D eigenvalue weighted by atomic mass is 35.5. The van der Waals surface area contributed by atoms with Crippen LogP contribution in [0, 0.1) is 10.1 Å². The van der Waals surface area contributed by atoms with Gasteiger partial charge in [-0.2, -0.15) is 0 Å². The molecule has 1 N–H and O–H groups in total. The molecular formula is C12H14ClN3O4. The number of cyclic esters (lactones) is 1. The van der Waals surface area contributed by atoms with Crippen LogP contribution < -0.4 is 5.32 Å². The summed E-state index contributed by atoms with van der Waals surface area (Å²) in [7, 11) is 0. The van der Waals surface area contributed by atoms with E-state index < -0.39 is 4.92 Å². The Kier molecular flexibility index (Phi) is 4.29. The van der Waals surface area contributed by atoms with E-state index in [1.54, 1.807) is 11.0 Å². The topological polar surface area (TPSA) is 84.7 Å². The van der Waals surface area contributed by atoms with Crippen molar-refractivity contribution in [2.75, 3.05) is 25.0 Å². The maximum Gasteiger partial charge on any atom is 0.410 e. The van der Waals surface area contributed by atoms with Crippen LogP contribution in [0.4, 0.5) is 16.2 Å². The van der Waals surface area contributed by atoms with Crippen LogP contribution in [-0.2, 0) is 4.74 Å². The quantitative estimate of drug-likeness (QED) is 0.667. The van der Waals surface area contributed by atoms with Gasteiger partial charge in [-0.15, -0.1) is 0 Å². The van der Waals surface area contributed by atoms with Crippen LogP contribution in [0.25, 0.3) is 0 Å². The molecule has 0 spiro atoms. The van der Waals surface area contributed by atoms with Gasteiger partial charge in [0.1, 0.15) is 6.10 Å². The summed E-state index contributed by atoms with van der Waals surface area (Å²) in [4.78, 5) is 23.1. The lowest BCUT2D eigenvalue weighted by Gasteiger charge is -2.14. The lowest BCUT2D eigenvalue weighted by molar-refractivity contribution is -0.384. The zero-order chi connectivity index (χ0) is 14.7. The Morgan fingerprint density at radius 1 is 1.60 bits per heavy atom. The summed E-state index contributed by atoms with van der Waals surface area (Å²) >= 11 is 5.95. The Bertz CT molecular complexity index is 537. The first-order chi connectivity index (χ1) is 9.47. The molecule has 8 heteroatoms. The SMILES string of the molecule is C[C@H]1CN(CCNc2ccc([N+](=O)[O-])cc2Cl)C(=O)O1. The predicted molar refractivity (Wildman–Crippen MR) is 74.1 cm³/mol. The molecule has 0 aromatic heterocycles. The van der Waals surface area contributed by atoms with Crippen LogP contribution in [0.5, 0.6) is 0 Å². The van der Waals surface area contributed by atoms with Crippen molar-refractivity contribution < 1.29 is 14.5 Å². The maximum absolute atomic E-state index is 11.4. The van der Waals surface area contributed by atoms with Gasteiger partial charge in [-0.3, -0.25) is 10.1 Å². The Balaban J connectivity index is 1.88. The smallest absolute Gasteiger partial charge is 0.410 e. The van der Waals surface area contributed by atoms with Gasteiger partial charge in [0, 0.05) is 25.2 Å². The summed E-state index contributed by atoms with van der Waals surface area (Å²) in [5.74, 6) is 0.